The fraction of sp³-hybridized carbons (Fsp3) is 0.385. The van der Waals surface area contributed by atoms with Crippen LogP contribution in [0.2, 0.25) is 0 Å². The monoisotopic (exact) mass is 200 g/mol. The van der Waals surface area contributed by atoms with E-state index in [9.17, 15) is 0 Å². The summed E-state index contributed by atoms with van der Waals surface area (Å²) in [4.78, 5) is 8.88. The lowest BCUT2D eigenvalue weighted by molar-refractivity contribution is 0.686. The van der Waals surface area contributed by atoms with Gasteiger partial charge in [-0.15, -0.1) is 0 Å². The van der Waals surface area contributed by atoms with Crippen molar-refractivity contribution in [3.63, 3.8) is 0 Å². The Morgan fingerprint density at radius 1 is 1.33 bits per heavy atom. The van der Waals surface area contributed by atoms with Crippen molar-refractivity contribution in [2.45, 2.75) is 32.7 Å². The lowest BCUT2D eigenvalue weighted by atomic mass is 10.1. The van der Waals surface area contributed by atoms with Gasteiger partial charge in [0, 0.05) is 24.0 Å². The number of allylic oxidation sites excluding steroid dienone is 2. The van der Waals surface area contributed by atoms with Crippen LogP contribution in [-0.4, -0.2) is 17.2 Å². The van der Waals surface area contributed by atoms with E-state index in [0.717, 1.165) is 24.1 Å². The summed E-state index contributed by atoms with van der Waals surface area (Å²) >= 11 is 0. The minimum absolute atomic E-state index is 0.434. The van der Waals surface area contributed by atoms with Gasteiger partial charge < -0.3 is 0 Å². The zero-order valence-corrected chi connectivity index (χ0v) is 9.27. The molecule has 1 aromatic rings. The Labute approximate surface area is 90.8 Å². The van der Waals surface area contributed by atoms with E-state index >= 15 is 0 Å². The maximum Gasteiger partial charge on any atom is 0.0714 e. The largest absolute Gasteiger partial charge is 0.289 e. The average molecular weight is 200 g/mol. The van der Waals surface area contributed by atoms with E-state index in [1.54, 1.807) is 0 Å². The first kappa shape index (κ1) is 10.1. The molecule has 0 radical (unpaired) electrons. The molecule has 0 N–H and O–H groups in total. The summed E-state index contributed by atoms with van der Waals surface area (Å²) < 4.78 is 0. The Kier molecular flexibility index (Phi) is 2.95. The smallest absolute Gasteiger partial charge is 0.0714 e. The van der Waals surface area contributed by atoms with Crippen LogP contribution in [0, 0.1) is 6.92 Å². The van der Waals surface area contributed by atoms with Crippen molar-refractivity contribution in [3.8, 4) is 0 Å². The van der Waals surface area contributed by atoms with Crippen molar-refractivity contribution in [3.05, 3.63) is 35.7 Å². The van der Waals surface area contributed by atoms with Crippen LogP contribution in [0.1, 0.15) is 31.0 Å². The minimum atomic E-state index is 0.434. The zero-order valence-electron chi connectivity index (χ0n) is 9.27. The Bertz CT molecular complexity index is 388. The Morgan fingerprint density at radius 3 is 2.93 bits per heavy atom. The highest BCUT2D eigenvalue weighted by Gasteiger charge is 2.05. The van der Waals surface area contributed by atoms with Crippen LogP contribution >= 0.6 is 0 Å². The molecule has 15 heavy (non-hydrogen) atoms. The summed E-state index contributed by atoms with van der Waals surface area (Å²) in [5, 5.41) is 0. The number of aromatic nitrogens is 1. The van der Waals surface area contributed by atoms with Crippen LogP contribution in [0.4, 0.5) is 0 Å². The highest BCUT2D eigenvalue weighted by Crippen LogP contribution is 2.16. The predicted molar refractivity (Wildman–Crippen MR) is 64.1 cm³/mol. The molecule has 0 saturated heterocycles. The molecule has 1 aliphatic rings. The minimum Gasteiger partial charge on any atom is -0.289 e. The third kappa shape index (κ3) is 2.52. The summed E-state index contributed by atoms with van der Waals surface area (Å²) in [5.41, 5.74) is 3.37. The maximum absolute atomic E-state index is 4.47. The number of aryl methyl sites for hydroxylation is 1. The van der Waals surface area contributed by atoms with Gasteiger partial charge in [0.25, 0.3) is 0 Å². The van der Waals surface area contributed by atoms with Gasteiger partial charge in [0.15, 0.2) is 0 Å². The van der Waals surface area contributed by atoms with Gasteiger partial charge in [0.05, 0.1) is 5.69 Å². The number of hydrogen-bond acceptors (Lipinski definition) is 2. The topological polar surface area (TPSA) is 25.2 Å². The van der Waals surface area contributed by atoms with Crippen LogP contribution in [0.5, 0.6) is 0 Å². The van der Waals surface area contributed by atoms with Crippen LogP contribution in [0.25, 0.3) is 5.57 Å². The lowest BCUT2D eigenvalue weighted by Gasteiger charge is -2.00. The van der Waals surface area contributed by atoms with Gasteiger partial charge in [-0.25, -0.2) is 0 Å². The molecule has 0 spiro atoms. The first-order valence-corrected chi connectivity index (χ1v) is 5.42. The average Bonchev–Trinajstić information content (AvgIpc) is 2.44. The van der Waals surface area contributed by atoms with E-state index in [0.29, 0.717) is 6.04 Å². The number of hydrogen-bond donors (Lipinski definition) is 0. The van der Waals surface area contributed by atoms with Crippen LogP contribution < -0.4 is 0 Å². The fourth-order valence-corrected chi connectivity index (χ4v) is 1.62. The van der Waals surface area contributed by atoms with E-state index < -0.39 is 0 Å². The second-order valence-corrected chi connectivity index (χ2v) is 4.08. The predicted octanol–water partition coefficient (Wildman–Crippen LogP) is 3.03. The van der Waals surface area contributed by atoms with Gasteiger partial charge in [-0.3, -0.25) is 9.98 Å². The first-order valence-electron chi connectivity index (χ1n) is 5.42. The highest BCUT2D eigenvalue weighted by atomic mass is 14.8. The van der Waals surface area contributed by atoms with Crippen LogP contribution in [0.3, 0.4) is 0 Å². The molecule has 2 nitrogen and oxygen atoms in total. The van der Waals surface area contributed by atoms with Crippen molar-refractivity contribution in [2.24, 2.45) is 4.99 Å². The number of nitrogens with zero attached hydrogens (tertiary/aromatic N) is 2. The zero-order chi connectivity index (χ0) is 10.7. The molecule has 1 atom stereocenters. The number of aliphatic imine (C=N–C) groups is 1. The number of pyridine rings is 1. The molecular formula is C13H16N2. The third-order valence-electron chi connectivity index (χ3n) is 2.62. The fourth-order valence-electron chi connectivity index (χ4n) is 1.62. The molecule has 78 valence electrons. The van der Waals surface area contributed by atoms with E-state index in [2.05, 4.69) is 42.0 Å². The van der Waals surface area contributed by atoms with E-state index in [4.69, 9.17) is 0 Å². The summed E-state index contributed by atoms with van der Waals surface area (Å²) in [6.45, 7) is 4.20. The van der Waals surface area contributed by atoms with E-state index in [1.165, 1.54) is 5.56 Å². The highest BCUT2D eigenvalue weighted by molar-refractivity contribution is 6.09. The van der Waals surface area contributed by atoms with Gasteiger partial charge in [-0.05, 0) is 38.3 Å². The quantitative estimate of drug-likeness (QED) is 0.684. The van der Waals surface area contributed by atoms with Gasteiger partial charge in [-0.2, -0.15) is 0 Å². The van der Waals surface area contributed by atoms with Crippen LogP contribution in [-0.2, 0) is 0 Å². The van der Waals surface area contributed by atoms with Crippen molar-refractivity contribution in [2.75, 3.05) is 0 Å². The molecule has 0 aromatic carbocycles. The third-order valence-corrected chi connectivity index (χ3v) is 2.62. The van der Waals surface area contributed by atoms with Crippen molar-refractivity contribution in [1.29, 1.82) is 0 Å². The summed E-state index contributed by atoms with van der Waals surface area (Å²) in [6.07, 6.45) is 8.30. The van der Waals surface area contributed by atoms with Crippen LogP contribution in [0.15, 0.2) is 29.4 Å². The molecule has 1 unspecified atom stereocenters. The maximum atomic E-state index is 4.47. The molecule has 1 aromatic heterocycles. The normalized spacial score (nSPS) is 20.9. The second kappa shape index (κ2) is 4.39. The van der Waals surface area contributed by atoms with Crippen molar-refractivity contribution >= 4 is 11.8 Å². The van der Waals surface area contributed by atoms with Gasteiger partial charge in [0.2, 0.25) is 0 Å². The molecule has 2 heterocycles. The molecule has 1 aliphatic heterocycles. The molecule has 0 amide bonds. The molecular weight excluding hydrogens is 184 g/mol. The summed E-state index contributed by atoms with van der Waals surface area (Å²) in [6, 6.07) is 4.58. The van der Waals surface area contributed by atoms with E-state index in [-0.39, 0.29) is 0 Å². The SMILES string of the molecule is Cc1ccc(C2=CCCC(C)N=C2)nc1. The Balaban J connectivity index is 2.26. The standard InChI is InChI=1S/C13H16N2/c1-10-6-7-13(15-8-10)12-5-3-4-11(2)14-9-12/h5-9,11H,3-4H2,1-2H3. The van der Waals surface area contributed by atoms with Gasteiger partial charge in [-0.1, -0.05) is 12.1 Å². The summed E-state index contributed by atoms with van der Waals surface area (Å²) in [7, 11) is 0. The molecule has 0 saturated carbocycles. The molecule has 2 heteroatoms. The molecule has 2 rings (SSSR count). The van der Waals surface area contributed by atoms with Gasteiger partial charge >= 0.3 is 0 Å². The molecule has 0 aliphatic carbocycles. The second-order valence-electron chi connectivity index (χ2n) is 4.08. The first-order chi connectivity index (χ1) is 7.25. The molecule has 0 bridgehead atoms. The van der Waals surface area contributed by atoms with E-state index in [1.807, 2.05) is 12.4 Å². The Morgan fingerprint density at radius 2 is 2.20 bits per heavy atom. The van der Waals surface area contributed by atoms with Crippen molar-refractivity contribution in [1.82, 2.24) is 4.98 Å². The lowest BCUT2D eigenvalue weighted by Crippen LogP contribution is -1.94. The Hall–Kier alpha value is -1.44. The molecule has 0 fully saturated rings. The van der Waals surface area contributed by atoms with Crippen molar-refractivity contribution < 1.29 is 0 Å². The number of rotatable bonds is 1. The summed E-state index contributed by atoms with van der Waals surface area (Å²) in [5.74, 6) is 0. The van der Waals surface area contributed by atoms with Gasteiger partial charge in [0.1, 0.15) is 0 Å².